The maximum absolute atomic E-state index is 12.1. The highest BCUT2D eigenvalue weighted by Crippen LogP contribution is 2.32. The maximum Gasteiger partial charge on any atom is 0.214 e. The average molecular weight is 414 g/mol. The highest BCUT2D eigenvalue weighted by atomic mass is 32.2. The molecule has 0 saturated carbocycles. The number of aromatic nitrogens is 2. The van der Waals surface area contributed by atoms with Crippen molar-refractivity contribution in [2.45, 2.75) is 53.0 Å². The number of hydrogen-bond donors (Lipinski definition) is 3. The summed E-state index contributed by atoms with van der Waals surface area (Å²) in [4.78, 5) is 52.4. The molecule has 4 N–H and O–H groups in total. The summed E-state index contributed by atoms with van der Waals surface area (Å²) in [5.74, 6) is 0.858. The number of rotatable bonds is 11. The van der Waals surface area contributed by atoms with Crippen LogP contribution >= 0.6 is 20.1 Å². The Morgan fingerprint density at radius 3 is 2.67 bits per heavy atom. The number of nitrogens with two attached hydrogens (primary N) is 1. The molecule has 1 amide bonds. The Kier molecular flexibility index (Phi) is 10.5. The highest BCUT2D eigenvalue weighted by molar-refractivity contribution is 8.16. The van der Waals surface area contributed by atoms with Crippen LogP contribution in [0, 0.1) is 6.92 Å². The number of amides is 1. The van der Waals surface area contributed by atoms with E-state index < -0.39 is 8.38 Å². The number of thioether (sulfide) groups is 1. The van der Waals surface area contributed by atoms with Crippen LogP contribution in [0.2, 0.25) is 0 Å². The molecule has 1 rings (SSSR count). The van der Waals surface area contributed by atoms with E-state index in [0.717, 1.165) is 23.1 Å². The van der Waals surface area contributed by atoms with Crippen LogP contribution in [-0.4, -0.2) is 42.3 Å². The number of aryl methyl sites for hydroxylation is 1. The van der Waals surface area contributed by atoms with Crippen LogP contribution in [0.1, 0.15) is 50.9 Å². The summed E-state index contributed by atoms with van der Waals surface area (Å²) >= 11 is 1.11. The molecule has 150 valence electrons. The zero-order chi connectivity index (χ0) is 20.4. The number of anilines is 1. The zero-order valence-corrected chi connectivity index (χ0v) is 17.6. The number of carbonyl (C=O) groups excluding carboxylic acids is 2. The van der Waals surface area contributed by atoms with Gasteiger partial charge in [-0.1, -0.05) is 18.7 Å². The fourth-order valence-electron chi connectivity index (χ4n) is 2.29. The van der Waals surface area contributed by atoms with Gasteiger partial charge in [-0.25, -0.2) is 9.97 Å². The van der Waals surface area contributed by atoms with Gasteiger partial charge < -0.3 is 20.4 Å². The Bertz CT molecular complexity index is 685. The maximum atomic E-state index is 12.1. The van der Waals surface area contributed by atoms with Gasteiger partial charge in [0.05, 0.1) is 6.54 Å². The fraction of sp³-hybridized carbons (Fsp3) is 0.529. The first-order valence-corrected chi connectivity index (χ1v) is 10.9. The topological polar surface area (TPSA) is 130 Å². The molecule has 0 fully saturated rings. The molecule has 0 spiro atoms. The molecular formula is C17H27N4O4PS. The largest absolute Gasteiger partial charge is 0.383 e. The molecule has 0 aliphatic carbocycles. The van der Waals surface area contributed by atoms with E-state index in [2.05, 4.69) is 9.97 Å². The molecule has 1 aromatic heterocycles. The van der Waals surface area contributed by atoms with Crippen molar-refractivity contribution in [3.63, 3.8) is 0 Å². The Labute approximate surface area is 165 Å². The summed E-state index contributed by atoms with van der Waals surface area (Å²) in [6, 6.07) is 0. The van der Waals surface area contributed by atoms with Crippen LogP contribution in [0.4, 0.5) is 5.82 Å². The second-order valence-corrected chi connectivity index (χ2v) is 8.34. The molecule has 1 aromatic rings. The Hall–Kier alpha value is -1.54. The van der Waals surface area contributed by atoms with Crippen LogP contribution in [0.5, 0.6) is 0 Å². The minimum atomic E-state index is -1.98. The lowest BCUT2D eigenvalue weighted by atomic mass is 10.2. The average Bonchev–Trinajstić information content (AvgIpc) is 2.59. The minimum absolute atomic E-state index is 0.0196. The number of carbonyl (C=O) groups is 2. The van der Waals surface area contributed by atoms with Crippen LogP contribution in [0.3, 0.4) is 0 Å². The molecule has 0 aromatic carbocycles. The molecule has 1 heterocycles. The minimum Gasteiger partial charge on any atom is -0.383 e. The van der Waals surface area contributed by atoms with Crippen LogP contribution < -0.4 is 5.73 Å². The summed E-state index contributed by atoms with van der Waals surface area (Å²) in [5, 5.41) is 0.0196. The van der Waals surface area contributed by atoms with Gasteiger partial charge >= 0.3 is 0 Å². The second-order valence-electron chi connectivity index (χ2n) is 5.99. The lowest BCUT2D eigenvalue weighted by molar-refractivity contribution is -0.117. The highest BCUT2D eigenvalue weighted by Gasteiger charge is 2.17. The molecular weight excluding hydrogens is 387 g/mol. The van der Waals surface area contributed by atoms with E-state index in [-0.39, 0.29) is 17.8 Å². The van der Waals surface area contributed by atoms with Crippen molar-refractivity contribution in [1.82, 2.24) is 14.9 Å². The SMILES string of the molecule is CCCC(=O)S/C(CCCP(O)O)=C(/C)N(C=O)Cc1cnc(C)nc1N. The molecule has 10 heteroatoms. The van der Waals surface area contributed by atoms with Crippen LogP contribution in [-0.2, 0) is 16.1 Å². The van der Waals surface area contributed by atoms with E-state index >= 15 is 0 Å². The van der Waals surface area contributed by atoms with Crippen molar-refractivity contribution in [1.29, 1.82) is 0 Å². The summed E-state index contributed by atoms with van der Waals surface area (Å²) in [7, 11) is -1.98. The van der Waals surface area contributed by atoms with Crippen molar-refractivity contribution in [3.8, 4) is 0 Å². The number of hydrogen-bond acceptors (Lipinski definition) is 8. The zero-order valence-electron chi connectivity index (χ0n) is 15.9. The molecule has 8 nitrogen and oxygen atoms in total. The Balaban J connectivity index is 3.04. The van der Waals surface area contributed by atoms with Gasteiger partial charge in [-0.3, -0.25) is 9.59 Å². The van der Waals surface area contributed by atoms with Gasteiger partial charge in [-0.2, -0.15) is 0 Å². The van der Waals surface area contributed by atoms with Gasteiger partial charge in [0.25, 0.3) is 0 Å². The van der Waals surface area contributed by atoms with Crippen molar-refractivity contribution >= 4 is 37.5 Å². The van der Waals surface area contributed by atoms with E-state index in [0.29, 0.717) is 48.6 Å². The summed E-state index contributed by atoms with van der Waals surface area (Å²) in [6.45, 7) is 5.62. The van der Waals surface area contributed by atoms with Gasteiger partial charge in [0.1, 0.15) is 11.6 Å². The summed E-state index contributed by atoms with van der Waals surface area (Å²) in [6.07, 6.45) is 4.70. The molecule has 0 saturated heterocycles. The number of nitrogens with zero attached hydrogens (tertiary/aromatic N) is 3. The third-order valence-electron chi connectivity index (χ3n) is 3.77. The standard InChI is InChI=1S/C17H27N4O4PS/c1-4-6-16(23)27-15(7-5-8-26(24)25)12(2)21(11-22)10-14-9-19-13(3)20-17(14)18/h9,11,24-25H,4-8,10H2,1-3H3,(H2,18,19,20)/b15-12-. The summed E-state index contributed by atoms with van der Waals surface area (Å²) < 4.78 is 0. The van der Waals surface area contributed by atoms with Gasteiger partial charge in [0.2, 0.25) is 6.41 Å². The number of allylic oxidation sites excluding steroid dienone is 2. The van der Waals surface area contributed by atoms with Crippen molar-refractivity contribution in [2.24, 2.45) is 0 Å². The van der Waals surface area contributed by atoms with Crippen molar-refractivity contribution < 1.29 is 19.4 Å². The number of nitrogen functional groups attached to an aromatic ring is 1. The normalized spacial score (nSPS) is 12.1. The van der Waals surface area contributed by atoms with Crippen molar-refractivity contribution in [2.75, 3.05) is 11.9 Å². The van der Waals surface area contributed by atoms with E-state index in [4.69, 9.17) is 15.5 Å². The third kappa shape index (κ3) is 8.34. The second kappa shape index (κ2) is 12.0. The van der Waals surface area contributed by atoms with Gasteiger partial charge in [-0.05, 0) is 33.1 Å². The van der Waals surface area contributed by atoms with Gasteiger partial charge in [0.15, 0.2) is 13.5 Å². The van der Waals surface area contributed by atoms with E-state index in [1.165, 1.54) is 4.90 Å². The first-order chi connectivity index (χ1) is 12.8. The summed E-state index contributed by atoms with van der Waals surface area (Å²) in [5.41, 5.74) is 7.17. The predicted molar refractivity (Wildman–Crippen MR) is 108 cm³/mol. The van der Waals surface area contributed by atoms with E-state index in [1.807, 2.05) is 6.92 Å². The molecule has 0 aliphatic rings. The smallest absolute Gasteiger partial charge is 0.214 e. The first kappa shape index (κ1) is 23.5. The lowest BCUT2D eigenvalue weighted by Crippen LogP contribution is -2.22. The lowest BCUT2D eigenvalue weighted by Gasteiger charge is -2.22. The fourth-order valence-corrected chi connectivity index (χ4v) is 3.83. The molecule has 0 aliphatic heterocycles. The third-order valence-corrected chi connectivity index (χ3v) is 5.67. The molecule has 0 unspecified atom stereocenters. The predicted octanol–water partition coefficient (Wildman–Crippen LogP) is 2.69. The quantitative estimate of drug-likeness (QED) is 0.372. The first-order valence-electron chi connectivity index (χ1n) is 8.64. The Morgan fingerprint density at radius 2 is 2.11 bits per heavy atom. The molecule has 27 heavy (non-hydrogen) atoms. The van der Waals surface area contributed by atoms with Crippen molar-refractivity contribution in [3.05, 3.63) is 28.2 Å². The molecule has 0 bridgehead atoms. The van der Waals surface area contributed by atoms with Crippen LogP contribution in [0.25, 0.3) is 0 Å². The van der Waals surface area contributed by atoms with E-state index in [1.54, 1.807) is 20.0 Å². The van der Waals surface area contributed by atoms with Gasteiger partial charge in [0, 0.05) is 34.9 Å². The molecule has 0 radical (unpaired) electrons. The monoisotopic (exact) mass is 414 g/mol. The van der Waals surface area contributed by atoms with Crippen LogP contribution in [0.15, 0.2) is 16.8 Å². The van der Waals surface area contributed by atoms with E-state index in [9.17, 15) is 9.59 Å². The molecule has 0 atom stereocenters. The van der Waals surface area contributed by atoms with Gasteiger partial charge in [-0.15, -0.1) is 0 Å². The Morgan fingerprint density at radius 1 is 1.41 bits per heavy atom.